The van der Waals surface area contributed by atoms with E-state index in [9.17, 15) is 14.4 Å². The molecule has 8 rings (SSSR count). The maximum Gasteiger partial charge on any atom is 0.261 e. The Morgan fingerprint density at radius 2 is 1.18 bits per heavy atom. The Bertz CT molecular complexity index is 2210. The second-order valence-electron chi connectivity index (χ2n) is 14.5. The summed E-state index contributed by atoms with van der Waals surface area (Å²) in [6.07, 6.45) is 0.753. The van der Waals surface area contributed by atoms with Gasteiger partial charge in [-0.15, -0.1) is 11.6 Å². The molecule has 1 saturated heterocycles. The molecule has 0 radical (unpaired) electrons. The van der Waals surface area contributed by atoms with Crippen LogP contribution in [0, 0.1) is 0 Å². The molecule has 7 nitrogen and oxygen atoms in total. The molecule has 0 aromatic heterocycles. The molecule has 0 bridgehead atoms. The second-order valence-corrected chi connectivity index (χ2v) is 18.4. The number of carbonyl (C=O) groups is 3. The molecule has 2 aliphatic rings. The number of halogens is 1. The van der Waals surface area contributed by atoms with Crippen LogP contribution in [-0.2, 0) is 17.2 Å². The van der Waals surface area contributed by atoms with Crippen LogP contribution in [0.5, 0.6) is 0 Å². The molecule has 0 atom stereocenters. The molecule has 56 heavy (non-hydrogen) atoms. The Kier molecular flexibility index (Phi) is 11.3. The summed E-state index contributed by atoms with van der Waals surface area (Å²) in [6, 6.07) is 49.7. The lowest BCUT2D eigenvalue weighted by atomic mass is 9.92. The minimum Gasteiger partial charge on any atom is -0.368 e. The summed E-state index contributed by atoms with van der Waals surface area (Å²) in [5.74, 6) is -0.387. The highest BCUT2D eigenvalue weighted by molar-refractivity contribution is 7.95. The van der Waals surface area contributed by atoms with E-state index >= 15 is 0 Å². The first-order chi connectivity index (χ1) is 27.5. The van der Waals surface area contributed by atoms with Gasteiger partial charge in [-0.2, -0.15) is 0 Å². The van der Waals surface area contributed by atoms with Gasteiger partial charge in [0.2, 0.25) is 5.91 Å². The monoisotopic (exact) mass is 779 g/mol. The highest BCUT2D eigenvalue weighted by atomic mass is 35.5. The lowest BCUT2D eigenvalue weighted by Crippen LogP contribution is -2.46. The fourth-order valence-electron chi connectivity index (χ4n) is 8.30. The van der Waals surface area contributed by atoms with Crippen molar-refractivity contribution in [2.75, 3.05) is 50.3 Å². The van der Waals surface area contributed by atoms with Crippen LogP contribution < -0.4 is 26.1 Å². The van der Waals surface area contributed by atoms with Crippen LogP contribution in [0.25, 0.3) is 10.8 Å². The number of nitrogens with one attached hydrogen (secondary N) is 1. The number of carbonyl (C=O) groups excluding carboxylic acids is 3. The van der Waals surface area contributed by atoms with Crippen molar-refractivity contribution in [3.05, 3.63) is 168 Å². The second kappa shape index (κ2) is 16.8. The van der Waals surface area contributed by atoms with Crippen molar-refractivity contribution in [2.24, 2.45) is 0 Å². The molecule has 2 aliphatic heterocycles. The van der Waals surface area contributed by atoms with E-state index in [1.165, 1.54) is 26.4 Å². The number of rotatable bonds is 13. The number of piperazine rings is 1. The van der Waals surface area contributed by atoms with Crippen LogP contribution in [0.4, 0.5) is 5.69 Å². The molecule has 282 valence electrons. The van der Waals surface area contributed by atoms with Crippen molar-refractivity contribution in [1.29, 1.82) is 0 Å². The van der Waals surface area contributed by atoms with E-state index in [2.05, 4.69) is 112 Å². The Hall–Kier alpha value is -5.33. The Morgan fingerprint density at radius 3 is 1.75 bits per heavy atom. The van der Waals surface area contributed by atoms with E-state index in [-0.39, 0.29) is 30.7 Å². The SMILES string of the molecule is O=C(CCN1C(=O)c2cccc3c(N4CCN(Cc5ccc(CCl)cc5)CC4)ccc(c23)C1=O)NCC[P+](c1ccccc1)(c1ccccc1)c1ccccc1. The summed E-state index contributed by atoms with van der Waals surface area (Å²) in [7, 11) is -2.11. The molecule has 6 aromatic rings. The van der Waals surface area contributed by atoms with Crippen LogP contribution in [0.2, 0.25) is 0 Å². The van der Waals surface area contributed by atoms with Crippen molar-refractivity contribution in [3.8, 4) is 0 Å². The number of alkyl halides is 1. The van der Waals surface area contributed by atoms with Crippen LogP contribution in [0.3, 0.4) is 0 Å². The molecule has 0 aliphatic carbocycles. The number of imide groups is 1. The predicted octanol–water partition coefficient (Wildman–Crippen LogP) is 7.00. The zero-order valence-electron chi connectivity index (χ0n) is 31.3. The summed E-state index contributed by atoms with van der Waals surface area (Å²) in [4.78, 5) is 47.4. The molecule has 1 fully saturated rings. The van der Waals surface area contributed by atoms with E-state index in [0.717, 1.165) is 55.5 Å². The standard InChI is InChI=1S/C47H44ClN4O3P/c48-33-35-19-21-36(22-20-35)34-50-28-30-51(31-29-50)43-24-23-42-45-40(43)17-10-18-41(45)46(54)52(47(42)55)27-25-44(53)49-26-32-56(37-11-4-1-5-12-37,38-13-6-2-7-14-38)39-15-8-3-9-16-39/h1-24H,25-34H2/p+1. The number of nitrogens with zero attached hydrogens (tertiary/aromatic N) is 3. The third-order valence-electron chi connectivity index (χ3n) is 11.2. The average Bonchev–Trinajstić information content (AvgIpc) is 3.25. The Morgan fingerprint density at radius 1 is 0.625 bits per heavy atom. The van der Waals surface area contributed by atoms with E-state index < -0.39 is 7.26 Å². The van der Waals surface area contributed by atoms with E-state index in [1.54, 1.807) is 6.07 Å². The molecule has 0 unspecified atom stereocenters. The maximum absolute atomic E-state index is 13.9. The Balaban J connectivity index is 0.933. The lowest BCUT2D eigenvalue weighted by Gasteiger charge is -2.37. The minimum atomic E-state index is -2.11. The number of benzene rings is 6. The van der Waals surface area contributed by atoms with Crippen molar-refractivity contribution in [3.63, 3.8) is 0 Å². The highest BCUT2D eigenvalue weighted by Gasteiger charge is 2.45. The fraction of sp³-hybridized carbons (Fsp3) is 0.213. The van der Waals surface area contributed by atoms with Crippen molar-refractivity contribution in [1.82, 2.24) is 15.1 Å². The minimum absolute atomic E-state index is 0.00792. The van der Waals surface area contributed by atoms with Gasteiger partial charge in [0.25, 0.3) is 11.8 Å². The first-order valence-electron chi connectivity index (χ1n) is 19.3. The zero-order chi connectivity index (χ0) is 38.5. The van der Waals surface area contributed by atoms with Crippen LogP contribution >= 0.6 is 18.9 Å². The number of hydrogen-bond donors (Lipinski definition) is 1. The highest BCUT2D eigenvalue weighted by Crippen LogP contribution is 2.54. The summed E-state index contributed by atoms with van der Waals surface area (Å²) in [5, 5.41) is 8.50. The Labute approximate surface area is 334 Å². The van der Waals surface area contributed by atoms with Gasteiger partial charge in [-0.1, -0.05) is 91.0 Å². The third kappa shape index (κ3) is 7.47. The summed E-state index contributed by atoms with van der Waals surface area (Å²) >= 11 is 5.97. The molecule has 6 aromatic carbocycles. The summed E-state index contributed by atoms with van der Waals surface area (Å²) < 4.78 is 0. The topological polar surface area (TPSA) is 73.0 Å². The first-order valence-corrected chi connectivity index (χ1v) is 21.8. The number of amides is 3. The molecular formula is C47H45ClN4O3P+. The number of anilines is 1. The van der Waals surface area contributed by atoms with Crippen molar-refractivity contribution in [2.45, 2.75) is 18.8 Å². The first kappa shape index (κ1) is 37.6. The van der Waals surface area contributed by atoms with Gasteiger partial charge in [0, 0.05) is 79.2 Å². The van der Waals surface area contributed by atoms with Gasteiger partial charge in [-0.3, -0.25) is 24.2 Å². The lowest BCUT2D eigenvalue weighted by molar-refractivity contribution is -0.121. The van der Waals surface area contributed by atoms with Gasteiger partial charge >= 0.3 is 0 Å². The van der Waals surface area contributed by atoms with Gasteiger partial charge in [0.1, 0.15) is 23.2 Å². The molecular weight excluding hydrogens is 735 g/mol. The molecule has 0 spiro atoms. The fourth-order valence-corrected chi connectivity index (χ4v) is 12.6. The molecule has 3 amide bonds. The van der Waals surface area contributed by atoms with Crippen molar-refractivity contribution < 1.29 is 14.4 Å². The maximum atomic E-state index is 13.9. The summed E-state index contributed by atoms with van der Waals surface area (Å²) in [6.45, 7) is 4.83. The number of hydrogen-bond acceptors (Lipinski definition) is 5. The van der Waals surface area contributed by atoms with E-state index in [1.807, 2.05) is 42.5 Å². The molecule has 9 heteroatoms. The van der Waals surface area contributed by atoms with Crippen LogP contribution in [0.1, 0.15) is 38.3 Å². The quantitative estimate of drug-likeness (QED) is 0.0778. The zero-order valence-corrected chi connectivity index (χ0v) is 33.0. The molecule has 1 N–H and O–H groups in total. The van der Waals surface area contributed by atoms with Gasteiger partial charge in [0.05, 0.1) is 12.7 Å². The molecule has 2 heterocycles. The third-order valence-corrected chi connectivity index (χ3v) is 15.9. The van der Waals surface area contributed by atoms with Gasteiger partial charge < -0.3 is 10.2 Å². The average molecular weight is 780 g/mol. The van der Waals surface area contributed by atoms with Gasteiger partial charge in [-0.25, -0.2) is 0 Å². The van der Waals surface area contributed by atoms with Crippen LogP contribution in [0.15, 0.2) is 146 Å². The largest absolute Gasteiger partial charge is 0.368 e. The summed E-state index contributed by atoms with van der Waals surface area (Å²) in [5.41, 5.74) is 4.42. The van der Waals surface area contributed by atoms with Crippen molar-refractivity contribution >= 4 is 69.0 Å². The van der Waals surface area contributed by atoms with E-state index in [4.69, 9.17) is 11.6 Å². The van der Waals surface area contributed by atoms with Crippen LogP contribution in [-0.4, -0.2) is 73.0 Å². The predicted molar refractivity (Wildman–Crippen MR) is 230 cm³/mol. The molecule has 0 saturated carbocycles. The smallest absolute Gasteiger partial charge is 0.261 e. The van der Waals surface area contributed by atoms with Gasteiger partial charge in [0.15, 0.2) is 0 Å². The van der Waals surface area contributed by atoms with E-state index in [0.29, 0.717) is 28.9 Å². The normalized spacial score (nSPS) is 14.7. The van der Waals surface area contributed by atoms with Gasteiger partial charge in [-0.05, 0) is 65.7 Å².